The highest BCUT2D eigenvalue weighted by Gasteiger charge is 2.24. The third-order valence-corrected chi connectivity index (χ3v) is 5.61. The van der Waals surface area contributed by atoms with Gasteiger partial charge in [-0.15, -0.1) is 11.3 Å². The van der Waals surface area contributed by atoms with Crippen LogP contribution in [-0.4, -0.2) is 59.3 Å². The Bertz CT molecular complexity index is 974. The highest BCUT2D eigenvalue weighted by molar-refractivity contribution is 7.14. The number of amides is 2. The van der Waals surface area contributed by atoms with Gasteiger partial charge in [-0.25, -0.2) is 4.98 Å². The van der Waals surface area contributed by atoms with Gasteiger partial charge in [0.25, 0.3) is 5.91 Å². The van der Waals surface area contributed by atoms with Crippen LogP contribution in [0, 0.1) is 6.92 Å². The molecule has 0 atom stereocenters. The van der Waals surface area contributed by atoms with Crippen LogP contribution in [0.4, 0.5) is 5.13 Å². The summed E-state index contributed by atoms with van der Waals surface area (Å²) in [7, 11) is 0. The van der Waals surface area contributed by atoms with Gasteiger partial charge in [-0.1, -0.05) is 29.8 Å². The lowest BCUT2D eigenvalue weighted by Crippen LogP contribution is -2.50. The van der Waals surface area contributed by atoms with Gasteiger partial charge in [0.2, 0.25) is 5.91 Å². The van der Waals surface area contributed by atoms with Gasteiger partial charge in [0, 0.05) is 37.1 Å². The predicted molar refractivity (Wildman–Crippen MR) is 112 cm³/mol. The first kappa shape index (κ1) is 19.4. The van der Waals surface area contributed by atoms with E-state index >= 15 is 0 Å². The summed E-state index contributed by atoms with van der Waals surface area (Å²) in [5.41, 5.74) is 3.09. The maximum Gasteiger partial charge on any atom is 0.289 e. The summed E-state index contributed by atoms with van der Waals surface area (Å²) in [5, 5.41) is 5.42. The summed E-state index contributed by atoms with van der Waals surface area (Å²) in [5.74, 6) is 0.149. The molecule has 29 heavy (non-hydrogen) atoms. The lowest BCUT2D eigenvalue weighted by molar-refractivity contribution is -0.117. The van der Waals surface area contributed by atoms with Gasteiger partial charge >= 0.3 is 0 Å². The number of piperazine rings is 1. The molecule has 8 heteroatoms. The second-order valence-electron chi connectivity index (χ2n) is 7.00. The molecule has 1 saturated heterocycles. The zero-order chi connectivity index (χ0) is 20.2. The fourth-order valence-corrected chi connectivity index (χ4v) is 3.95. The van der Waals surface area contributed by atoms with E-state index in [-0.39, 0.29) is 18.4 Å². The Balaban J connectivity index is 1.26. The topological polar surface area (TPSA) is 78.7 Å². The molecular formula is C21H22N4O3S. The molecule has 0 spiro atoms. The number of aromatic nitrogens is 1. The van der Waals surface area contributed by atoms with Crippen LogP contribution in [0.3, 0.4) is 0 Å². The van der Waals surface area contributed by atoms with Crippen molar-refractivity contribution in [3.05, 3.63) is 59.4 Å². The average molecular weight is 410 g/mol. The number of nitrogens with zero attached hydrogens (tertiary/aromatic N) is 3. The largest absolute Gasteiger partial charge is 0.459 e. The van der Waals surface area contributed by atoms with Gasteiger partial charge in [-0.2, -0.15) is 0 Å². The quantitative estimate of drug-likeness (QED) is 0.699. The number of rotatable bonds is 5. The summed E-state index contributed by atoms with van der Waals surface area (Å²) in [6.07, 6.45) is 1.50. The molecule has 3 aromatic rings. The van der Waals surface area contributed by atoms with Crippen LogP contribution in [0.1, 0.15) is 16.1 Å². The minimum Gasteiger partial charge on any atom is -0.459 e. The summed E-state index contributed by atoms with van der Waals surface area (Å²) in [4.78, 5) is 33.0. The fourth-order valence-electron chi connectivity index (χ4n) is 3.22. The van der Waals surface area contributed by atoms with E-state index in [1.807, 2.05) is 41.5 Å². The van der Waals surface area contributed by atoms with Crippen LogP contribution in [-0.2, 0) is 4.79 Å². The Kier molecular flexibility index (Phi) is 5.73. The molecule has 7 nitrogen and oxygen atoms in total. The minimum absolute atomic E-state index is 0.0967. The number of thiazole rings is 1. The average Bonchev–Trinajstić information content (AvgIpc) is 3.41. The van der Waals surface area contributed by atoms with E-state index in [1.165, 1.54) is 23.2 Å². The first-order chi connectivity index (χ1) is 14.1. The van der Waals surface area contributed by atoms with Gasteiger partial charge < -0.3 is 14.6 Å². The van der Waals surface area contributed by atoms with Crippen molar-refractivity contribution in [3.8, 4) is 11.3 Å². The van der Waals surface area contributed by atoms with Crippen LogP contribution in [0.2, 0.25) is 0 Å². The standard InChI is InChI=1S/C21H22N4O3S/c1-15-4-6-16(7-5-15)17-14-29-21(22-17)23-19(26)13-24-8-10-25(11-9-24)20(27)18-3-2-12-28-18/h2-7,12,14H,8-11,13H2,1H3,(H,22,23,26). The number of benzene rings is 1. The van der Waals surface area contributed by atoms with Gasteiger partial charge in [0.1, 0.15) is 0 Å². The number of nitrogens with one attached hydrogen (secondary N) is 1. The van der Waals surface area contributed by atoms with E-state index in [1.54, 1.807) is 17.0 Å². The van der Waals surface area contributed by atoms with Gasteiger partial charge in [-0.05, 0) is 19.1 Å². The number of anilines is 1. The first-order valence-electron chi connectivity index (χ1n) is 9.46. The maximum absolute atomic E-state index is 12.4. The first-order valence-corrected chi connectivity index (χ1v) is 10.3. The zero-order valence-electron chi connectivity index (χ0n) is 16.1. The molecule has 1 aliphatic heterocycles. The van der Waals surface area contributed by atoms with Crippen molar-refractivity contribution < 1.29 is 14.0 Å². The molecule has 1 fully saturated rings. The van der Waals surface area contributed by atoms with Crippen LogP contribution >= 0.6 is 11.3 Å². The van der Waals surface area contributed by atoms with Crippen LogP contribution < -0.4 is 5.32 Å². The second kappa shape index (κ2) is 8.59. The number of hydrogen-bond donors (Lipinski definition) is 1. The lowest BCUT2D eigenvalue weighted by Gasteiger charge is -2.33. The molecule has 1 N–H and O–H groups in total. The van der Waals surface area contributed by atoms with Crippen LogP contribution in [0.15, 0.2) is 52.5 Å². The monoisotopic (exact) mass is 410 g/mol. The second-order valence-corrected chi connectivity index (χ2v) is 7.86. The lowest BCUT2D eigenvalue weighted by atomic mass is 10.1. The molecule has 3 heterocycles. The number of furan rings is 1. The van der Waals surface area contributed by atoms with Crippen LogP contribution in [0.25, 0.3) is 11.3 Å². The summed E-state index contributed by atoms with van der Waals surface area (Å²) in [6, 6.07) is 11.5. The number of carbonyl (C=O) groups excluding carboxylic acids is 2. The molecule has 1 aromatic carbocycles. The van der Waals surface area contributed by atoms with Crippen molar-refractivity contribution in [1.82, 2.24) is 14.8 Å². The Morgan fingerprint density at radius 3 is 2.59 bits per heavy atom. The molecule has 2 amide bonds. The molecule has 0 unspecified atom stereocenters. The van der Waals surface area contributed by atoms with E-state index in [0.717, 1.165) is 11.3 Å². The third kappa shape index (κ3) is 4.72. The van der Waals surface area contributed by atoms with E-state index in [2.05, 4.69) is 10.3 Å². The Hall–Kier alpha value is -2.97. The van der Waals surface area contributed by atoms with E-state index in [0.29, 0.717) is 37.1 Å². The van der Waals surface area contributed by atoms with Crippen molar-refractivity contribution >= 4 is 28.3 Å². The normalized spacial score (nSPS) is 14.7. The smallest absolute Gasteiger partial charge is 0.289 e. The minimum atomic E-state index is -0.106. The summed E-state index contributed by atoms with van der Waals surface area (Å²) in [6.45, 7) is 4.76. The van der Waals surface area contributed by atoms with Gasteiger partial charge in [0.15, 0.2) is 10.9 Å². The zero-order valence-corrected chi connectivity index (χ0v) is 16.9. The molecule has 1 aliphatic rings. The van der Waals surface area contributed by atoms with Crippen molar-refractivity contribution in [3.63, 3.8) is 0 Å². The highest BCUT2D eigenvalue weighted by Crippen LogP contribution is 2.25. The van der Waals surface area contributed by atoms with E-state index < -0.39 is 0 Å². The van der Waals surface area contributed by atoms with E-state index in [4.69, 9.17) is 4.42 Å². The van der Waals surface area contributed by atoms with Crippen LogP contribution in [0.5, 0.6) is 0 Å². The summed E-state index contributed by atoms with van der Waals surface area (Å²) >= 11 is 1.42. The van der Waals surface area contributed by atoms with Crippen molar-refractivity contribution in [2.24, 2.45) is 0 Å². The van der Waals surface area contributed by atoms with Crippen molar-refractivity contribution in [1.29, 1.82) is 0 Å². The number of aryl methyl sites for hydroxylation is 1. The fraction of sp³-hybridized carbons (Fsp3) is 0.286. The van der Waals surface area contributed by atoms with Gasteiger partial charge in [0.05, 0.1) is 18.5 Å². The Labute approximate surface area is 173 Å². The van der Waals surface area contributed by atoms with Crippen molar-refractivity contribution in [2.45, 2.75) is 6.92 Å². The molecule has 150 valence electrons. The van der Waals surface area contributed by atoms with E-state index in [9.17, 15) is 9.59 Å². The Morgan fingerprint density at radius 1 is 1.14 bits per heavy atom. The van der Waals surface area contributed by atoms with Gasteiger partial charge in [-0.3, -0.25) is 14.5 Å². The molecule has 0 radical (unpaired) electrons. The molecule has 0 bridgehead atoms. The molecule has 2 aromatic heterocycles. The Morgan fingerprint density at radius 2 is 1.90 bits per heavy atom. The number of carbonyl (C=O) groups is 2. The molecular weight excluding hydrogens is 388 g/mol. The third-order valence-electron chi connectivity index (χ3n) is 4.86. The SMILES string of the molecule is Cc1ccc(-c2csc(NC(=O)CN3CCN(C(=O)c4ccco4)CC3)n2)cc1. The molecule has 4 rings (SSSR count). The molecule has 0 saturated carbocycles. The maximum atomic E-state index is 12.4. The molecule has 0 aliphatic carbocycles. The predicted octanol–water partition coefficient (Wildman–Crippen LogP) is 3.11. The van der Waals surface area contributed by atoms with Crippen molar-refractivity contribution in [2.75, 3.05) is 38.0 Å². The highest BCUT2D eigenvalue weighted by atomic mass is 32.1. The summed E-state index contributed by atoms with van der Waals surface area (Å²) < 4.78 is 5.17. The number of hydrogen-bond acceptors (Lipinski definition) is 6.